The molecule has 7 nitrogen and oxygen atoms in total. The van der Waals surface area contributed by atoms with Crippen LogP contribution in [0.25, 0.3) is 0 Å². The minimum atomic E-state index is -0.585. The molecule has 1 saturated heterocycles. The first-order valence-corrected chi connectivity index (χ1v) is 15.5. The number of allylic oxidation sites excluding steroid dienone is 2. The summed E-state index contributed by atoms with van der Waals surface area (Å²) in [6.07, 6.45) is 17.4. The molecule has 4 saturated carbocycles. The minimum absolute atomic E-state index is 0.0908. The van der Waals surface area contributed by atoms with Crippen LogP contribution in [-0.2, 0) is 4.74 Å². The average molecular weight is 528 g/mol. The number of hydrazone groups is 1. The minimum Gasteiger partial charge on any atom is -0.389 e. The molecule has 5 N–H and O–H groups in total. The van der Waals surface area contributed by atoms with Gasteiger partial charge in [-0.3, -0.25) is 10.3 Å². The first-order valence-electron chi connectivity index (χ1n) is 15.5. The Morgan fingerprint density at radius 1 is 1.13 bits per heavy atom. The van der Waals surface area contributed by atoms with Gasteiger partial charge in [0.15, 0.2) is 0 Å². The molecule has 1 aliphatic heterocycles. The Balaban J connectivity index is 1.23. The fraction of sp³-hybridized carbons (Fsp3) is 0.871. The van der Waals surface area contributed by atoms with Crippen LogP contribution in [-0.4, -0.2) is 59.6 Å². The van der Waals surface area contributed by atoms with Crippen LogP contribution in [0.2, 0.25) is 0 Å². The molecule has 0 spiro atoms. The third-order valence-corrected chi connectivity index (χ3v) is 12.1. The molecule has 1 heterocycles. The van der Waals surface area contributed by atoms with Gasteiger partial charge in [0.1, 0.15) is 0 Å². The fourth-order valence-corrected chi connectivity index (χ4v) is 9.77. The SMILES string of the molecule is CC(/C=N/NC(=N)N)=C\[C@H]1CC[C@]2(O)[C@@H]3CC[C@@H]4C[C@@H](OCC(C)N5CCCC5)CC[C@]4(C)[C@H]3CC[C@]12C. The molecule has 7 heteroatoms. The van der Waals surface area contributed by atoms with Gasteiger partial charge in [0.2, 0.25) is 5.96 Å². The van der Waals surface area contributed by atoms with E-state index in [0.717, 1.165) is 43.8 Å². The predicted molar refractivity (Wildman–Crippen MR) is 154 cm³/mol. The number of aliphatic hydroxyl groups is 1. The quantitative estimate of drug-likeness (QED) is 0.211. The Bertz CT molecular complexity index is 931. The molecule has 0 aromatic heterocycles. The van der Waals surface area contributed by atoms with E-state index in [4.69, 9.17) is 15.9 Å². The summed E-state index contributed by atoms with van der Waals surface area (Å²) in [6, 6.07) is 0.538. The Hall–Kier alpha value is -1.44. The van der Waals surface area contributed by atoms with Crippen molar-refractivity contribution in [1.29, 1.82) is 5.41 Å². The van der Waals surface area contributed by atoms with E-state index in [1.807, 2.05) is 0 Å². The van der Waals surface area contributed by atoms with Gasteiger partial charge in [0.25, 0.3) is 0 Å². The summed E-state index contributed by atoms with van der Waals surface area (Å²) in [5.41, 5.74) is 8.56. The van der Waals surface area contributed by atoms with Crippen LogP contribution in [0.15, 0.2) is 16.8 Å². The smallest absolute Gasteiger partial charge is 0.206 e. The third-order valence-electron chi connectivity index (χ3n) is 12.1. The van der Waals surface area contributed by atoms with Gasteiger partial charge in [-0.2, -0.15) is 5.10 Å². The van der Waals surface area contributed by atoms with Gasteiger partial charge in [0.05, 0.1) is 18.3 Å². The highest BCUT2D eigenvalue weighted by atomic mass is 16.5. The zero-order valence-electron chi connectivity index (χ0n) is 24.3. The van der Waals surface area contributed by atoms with Gasteiger partial charge in [-0.1, -0.05) is 19.9 Å². The molecule has 5 rings (SSSR count). The largest absolute Gasteiger partial charge is 0.389 e. The summed E-state index contributed by atoms with van der Waals surface area (Å²) in [6.45, 7) is 12.7. The first-order chi connectivity index (χ1) is 18.1. The lowest BCUT2D eigenvalue weighted by Crippen LogP contribution is -2.62. The number of guanidine groups is 1. The van der Waals surface area contributed by atoms with Crippen molar-refractivity contribution in [2.75, 3.05) is 19.7 Å². The van der Waals surface area contributed by atoms with E-state index < -0.39 is 5.60 Å². The summed E-state index contributed by atoms with van der Waals surface area (Å²) in [7, 11) is 0. The molecule has 9 atom stereocenters. The van der Waals surface area contributed by atoms with Gasteiger partial charge in [0, 0.05) is 17.7 Å². The normalized spacial score (nSPS) is 44.4. The van der Waals surface area contributed by atoms with Crippen LogP contribution in [0.1, 0.15) is 98.3 Å². The number of fused-ring (bicyclic) bond motifs is 5. The van der Waals surface area contributed by atoms with Gasteiger partial charge >= 0.3 is 0 Å². The molecule has 5 fully saturated rings. The van der Waals surface area contributed by atoms with Crippen molar-refractivity contribution in [1.82, 2.24) is 10.3 Å². The van der Waals surface area contributed by atoms with Gasteiger partial charge in [-0.15, -0.1) is 0 Å². The van der Waals surface area contributed by atoms with Crippen molar-refractivity contribution in [2.45, 2.75) is 116 Å². The number of rotatable bonds is 7. The lowest BCUT2D eigenvalue weighted by molar-refractivity contribution is -0.209. The lowest BCUT2D eigenvalue weighted by atomic mass is 9.43. The Morgan fingerprint density at radius 3 is 2.63 bits per heavy atom. The molecule has 5 aliphatic rings. The van der Waals surface area contributed by atoms with Crippen LogP contribution in [0.4, 0.5) is 0 Å². The predicted octanol–water partition coefficient (Wildman–Crippen LogP) is 5.04. The number of likely N-dealkylation sites (tertiary alicyclic amines) is 1. The van der Waals surface area contributed by atoms with Crippen LogP contribution in [0.5, 0.6) is 0 Å². The zero-order chi connectivity index (χ0) is 27.1. The van der Waals surface area contributed by atoms with Crippen molar-refractivity contribution in [3.8, 4) is 0 Å². The second-order valence-corrected chi connectivity index (χ2v) is 14.0. The fourth-order valence-electron chi connectivity index (χ4n) is 9.77. The lowest BCUT2D eigenvalue weighted by Gasteiger charge is -2.63. The second-order valence-electron chi connectivity index (χ2n) is 14.0. The average Bonchev–Trinajstić information content (AvgIpc) is 3.50. The van der Waals surface area contributed by atoms with Crippen molar-refractivity contribution < 1.29 is 9.84 Å². The van der Waals surface area contributed by atoms with Crippen LogP contribution < -0.4 is 11.2 Å². The van der Waals surface area contributed by atoms with Gasteiger partial charge < -0.3 is 15.6 Å². The van der Waals surface area contributed by atoms with E-state index in [9.17, 15) is 5.11 Å². The van der Waals surface area contributed by atoms with E-state index >= 15 is 0 Å². The van der Waals surface area contributed by atoms with Crippen molar-refractivity contribution in [3.63, 3.8) is 0 Å². The maximum absolute atomic E-state index is 12.5. The van der Waals surface area contributed by atoms with Crippen molar-refractivity contribution in [2.24, 2.45) is 45.3 Å². The Kier molecular flexibility index (Phi) is 8.03. The molecule has 0 aromatic rings. The van der Waals surface area contributed by atoms with Crippen LogP contribution in [0, 0.1) is 39.9 Å². The number of nitrogens with two attached hydrogens (primary N) is 1. The number of nitrogens with zero attached hydrogens (tertiary/aromatic N) is 2. The first kappa shape index (κ1) is 28.1. The van der Waals surface area contributed by atoms with Gasteiger partial charge in [-0.05, 0) is 132 Å². The maximum atomic E-state index is 12.5. The van der Waals surface area contributed by atoms with E-state index in [-0.39, 0.29) is 11.4 Å². The Morgan fingerprint density at radius 2 is 1.89 bits per heavy atom. The number of hydrogen-bond donors (Lipinski definition) is 4. The molecular formula is C31H53N5O2. The molecule has 0 radical (unpaired) electrons. The number of hydrogen-bond acceptors (Lipinski definition) is 5. The topological polar surface area (TPSA) is 107 Å². The molecular weight excluding hydrogens is 474 g/mol. The highest BCUT2D eigenvalue weighted by Gasteiger charge is 2.66. The second kappa shape index (κ2) is 10.9. The molecule has 38 heavy (non-hydrogen) atoms. The summed E-state index contributed by atoms with van der Waals surface area (Å²) in [5.74, 6) is 1.94. The number of nitrogens with one attached hydrogen (secondary N) is 2. The molecule has 0 aromatic carbocycles. The molecule has 0 bridgehead atoms. The van der Waals surface area contributed by atoms with E-state index in [1.165, 1.54) is 58.0 Å². The standard InChI is InChI=1S/C31H53N5O2/c1-21(19-34-35-28(32)33)17-24-9-14-31(37)27-8-7-23-18-25(38-20-22(2)36-15-5-6-16-36)10-12-29(23,3)26(27)11-13-30(24,31)4/h17,19,22-27,37H,5-16,18,20H2,1-4H3,(H4,32,33,35)/b21-17+,34-19+/t22?,23-,24-,25+,26+,27-,29+,30-,31+/m1/s1. The van der Waals surface area contributed by atoms with Crippen molar-refractivity contribution >= 4 is 12.2 Å². The number of ether oxygens (including phenoxy) is 1. The maximum Gasteiger partial charge on any atom is 0.206 e. The zero-order valence-corrected chi connectivity index (χ0v) is 24.3. The molecule has 214 valence electrons. The summed E-state index contributed by atoms with van der Waals surface area (Å²) < 4.78 is 6.55. The Labute approximate surface area is 230 Å². The highest BCUT2D eigenvalue weighted by Crippen LogP contribution is 2.69. The van der Waals surface area contributed by atoms with Crippen LogP contribution in [0.3, 0.4) is 0 Å². The highest BCUT2D eigenvalue weighted by molar-refractivity contribution is 5.80. The molecule has 4 aliphatic carbocycles. The molecule has 1 unspecified atom stereocenters. The van der Waals surface area contributed by atoms with E-state index in [0.29, 0.717) is 35.3 Å². The summed E-state index contributed by atoms with van der Waals surface area (Å²) in [5, 5.41) is 23.8. The monoisotopic (exact) mass is 527 g/mol. The van der Waals surface area contributed by atoms with E-state index in [2.05, 4.69) is 49.2 Å². The summed E-state index contributed by atoms with van der Waals surface area (Å²) in [4.78, 5) is 2.60. The summed E-state index contributed by atoms with van der Waals surface area (Å²) >= 11 is 0. The van der Waals surface area contributed by atoms with Crippen LogP contribution >= 0.6 is 0 Å². The van der Waals surface area contributed by atoms with E-state index in [1.54, 1.807) is 6.21 Å². The van der Waals surface area contributed by atoms with Gasteiger partial charge in [-0.25, -0.2) is 5.43 Å². The third kappa shape index (κ3) is 4.96. The van der Waals surface area contributed by atoms with Crippen molar-refractivity contribution in [3.05, 3.63) is 11.6 Å². The molecule has 0 amide bonds.